The highest BCUT2D eigenvalue weighted by molar-refractivity contribution is 7.90. The molecule has 0 aromatic heterocycles. The lowest BCUT2D eigenvalue weighted by Gasteiger charge is -2.17. The second kappa shape index (κ2) is 10.5. The summed E-state index contributed by atoms with van der Waals surface area (Å²) in [6.07, 6.45) is 1.74. The van der Waals surface area contributed by atoms with Crippen LogP contribution in [0.1, 0.15) is 18.9 Å². The molecule has 2 N–H and O–H groups in total. The Labute approximate surface area is 147 Å². The van der Waals surface area contributed by atoms with Gasteiger partial charge >= 0.3 is 0 Å². The van der Waals surface area contributed by atoms with Crippen LogP contribution in [-0.4, -0.2) is 56.0 Å². The molecule has 24 heavy (non-hydrogen) atoms. The summed E-state index contributed by atoms with van der Waals surface area (Å²) in [5, 5.41) is 6.25. The molecule has 0 fully saturated rings. The first-order valence-corrected chi connectivity index (χ1v) is 11.4. The number of nitrogens with one attached hydrogen (secondary N) is 2. The van der Waals surface area contributed by atoms with E-state index >= 15 is 0 Å². The smallest absolute Gasteiger partial charge is 0.191 e. The van der Waals surface area contributed by atoms with Crippen LogP contribution in [0, 0.1) is 0 Å². The highest BCUT2D eigenvalue weighted by atomic mass is 32.2. The van der Waals surface area contributed by atoms with Gasteiger partial charge in [-0.3, -0.25) is 9.20 Å². The summed E-state index contributed by atoms with van der Waals surface area (Å²) in [5.74, 6) is 1.79. The van der Waals surface area contributed by atoms with E-state index in [0.717, 1.165) is 5.56 Å². The van der Waals surface area contributed by atoms with Gasteiger partial charge in [-0.05, 0) is 18.9 Å². The van der Waals surface area contributed by atoms with Crippen LogP contribution in [0.3, 0.4) is 0 Å². The molecule has 1 rings (SSSR count). The molecule has 0 aliphatic heterocycles. The van der Waals surface area contributed by atoms with Gasteiger partial charge < -0.3 is 10.6 Å². The van der Waals surface area contributed by atoms with Crippen LogP contribution >= 0.6 is 0 Å². The third-order valence-corrected chi connectivity index (χ3v) is 5.61. The molecule has 0 aliphatic carbocycles. The van der Waals surface area contributed by atoms with E-state index in [0.29, 0.717) is 30.4 Å². The zero-order chi connectivity index (χ0) is 18.0. The Kier molecular flexibility index (Phi) is 8.99. The molecular formula is C16H27N3O3S2. The number of sulfone groups is 1. The molecule has 0 saturated carbocycles. The highest BCUT2D eigenvalue weighted by Crippen LogP contribution is 2.02. The number of aliphatic imine (C=N–C) groups is 1. The summed E-state index contributed by atoms with van der Waals surface area (Å²) in [6.45, 7) is 2.45. The first-order valence-electron chi connectivity index (χ1n) is 7.84. The van der Waals surface area contributed by atoms with Gasteiger partial charge in [0.2, 0.25) is 0 Å². The molecule has 2 unspecified atom stereocenters. The lowest BCUT2D eigenvalue weighted by molar-refractivity contribution is 0.581. The molecule has 136 valence electrons. The Bertz CT molecular complexity index is 646. The molecule has 0 bridgehead atoms. The zero-order valence-electron chi connectivity index (χ0n) is 14.5. The Morgan fingerprint density at radius 1 is 1.29 bits per heavy atom. The van der Waals surface area contributed by atoms with E-state index < -0.39 is 20.6 Å². The van der Waals surface area contributed by atoms with Crippen molar-refractivity contribution in [1.29, 1.82) is 0 Å². The molecule has 0 spiro atoms. The van der Waals surface area contributed by atoms with Gasteiger partial charge in [-0.2, -0.15) is 0 Å². The summed E-state index contributed by atoms with van der Waals surface area (Å²) in [4.78, 5) is 4.10. The average Bonchev–Trinajstić information content (AvgIpc) is 2.52. The monoisotopic (exact) mass is 373 g/mol. The molecule has 0 radical (unpaired) electrons. The van der Waals surface area contributed by atoms with E-state index in [2.05, 4.69) is 15.6 Å². The van der Waals surface area contributed by atoms with Crippen molar-refractivity contribution >= 4 is 26.6 Å². The van der Waals surface area contributed by atoms with Gasteiger partial charge in [0.05, 0.1) is 5.75 Å². The van der Waals surface area contributed by atoms with Gasteiger partial charge in [0.25, 0.3) is 0 Å². The number of hydrogen-bond acceptors (Lipinski definition) is 4. The Morgan fingerprint density at radius 3 is 2.54 bits per heavy atom. The molecule has 2 atom stereocenters. The van der Waals surface area contributed by atoms with Gasteiger partial charge in [0.15, 0.2) is 5.96 Å². The number of nitrogens with zero attached hydrogens (tertiary/aromatic N) is 1. The second-order valence-electron chi connectivity index (χ2n) is 5.74. The van der Waals surface area contributed by atoms with Crippen molar-refractivity contribution in [3.05, 3.63) is 35.9 Å². The molecular weight excluding hydrogens is 346 g/mol. The lowest BCUT2D eigenvalue weighted by atomic mass is 10.2. The molecule has 0 heterocycles. The van der Waals surface area contributed by atoms with Gasteiger partial charge in [-0.1, -0.05) is 30.3 Å². The summed E-state index contributed by atoms with van der Waals surface area (Å²) >= 11 is 0. The molecule has 0 saturated heterocycles. The van der Waals surface area contributed by atoms with Crippen LogP contribution in [0.4, 0.5) is 0 Å². The standard InChI is InChI=1S/C16H27N3O3S2/c1-14(9-12-24(3,21)22)19-16(17-2)18-10-11-23(20)13-15-7-5-4-6-8-15/h4-8,14H,9-13H2,1-3H3,(H2,17,18,19). The maximum Gasteiger partial charge on any atom is 0.191 e. The van der Waals surface area contributed by atoms with Gasteiger partial charge in [-0.25, -0.2) is 8.42 Å². The summed E-state index contributed by atoms with van der Waals surface area (Å²) < 4.78 is 34.4. The highest BCUT2D eigenvalue weighted by Gasteiger charge is 2.09. The molecule has 1 aromatic carbocycles. The van der Waals surface area contributed by atoms with Crippen molar-refractivity contribution in [3.63, 3.8) is 0 Å². The summed E-state index contributed by atoms with van der Waals surface area (Å²) in [5.41, 5.74) is 1.06. The zero-order valence-corrected chi connectivity index (χ0v) is 16.1. The van der Waals surface area contributed by atoms with Gasteiger partial charge in [-0.15, -0.1) is 0 Å². The van der Waals surface area contributed by atoms with E-state index in [-0.39, 0.29) is 11.8 Å². The summed E-state index contributed by atoms with van der Waals surface area (Å²) in [6, 6.07) is 9.74. The fourth-order valence-electron chi connectivity index (χ4n) is 2.01. The minimum absolute atomic E-state index is 0.0132. The van der Waals surface area contributed by atoms with Crippen molar-refractivity contribution in [2.24, 2.45) is 4.99 Å². The molecule has 1 aromatic rings. The van der Waals surface area contributed by atoms with Crippen molar-refractivity contribution in [2.75, 3.05) is 31.4 Å². The molecule has 0 aliphatic rings. The van der Waals surface area contributed by atoms with E-state index in [1.54, 1.807) is 7.05 Å². The minimum Gasteiger partial charge on any atom is -0.355 e. The number of rotatable bonds is 9. The average molecular weight is 374 g/mol. The van der Waals surface area contributed by atoms with Crippen molar-refractivity contribution < 1.29 is 12.6 Å². The first kappa shape index (κ1) is 20.6. The van der Waals surface area contributed by atoms with E-state index in [9.17, 15) is 12.6 Å². The maximum absolute atomic E-state index is 12.1. The largest absolute Gasteiger partial charge is 0.355 e. The van der Waals surface area contributed by atoms with Gasteiger partial charge in [0.1, 0.15) is 9.84 Å². The van der Waals surface area contributed by atoms with Crippen LogP contribution in [0.25, 0.3) is 0 Å². The Hall–Kier alpha value is -1.41. The third kappa shape index (κ3) is 9.67. The van der Waals surface area contributed by atoms with Crippen molar-refractivity contribution in [1.82, 2.24) is 10.6 Å². The first-order chi connectivity index (χ1) is 11.3. The fourth-order valence-corrected chi connectivity index (χ4v) is 3.83. The number of guanidine groups is 1. The van der Waals surface area contributed by atoms with Crippen LogP contribution in [-0.2, 0) is 26.4 Å². The predicted molar refractivity (Wildman–Crippen MR) is 101 cm³/mol. The predicted octanol–water partition coefficient (Wildman–Crippen LogP) is 0.924. The van der Waals surface area contributed by atoms with E-state index in [4.69, 9.17) is 0 Å². The molecule has 8 heteroatoms. The third-order valence-electron chi connectivity index (χ3n) is 3.32. The van der Waals surface area contributed by atoms with Crippen LogP contribution in [0.2, 0.25) is 0 Å². The SMILES string of the molecule is CN=C(NCCS(=O)Cc1ccccc1)NC(C)CCS(C)(=O)=O. The van der Waals surface area contributed by atoms with Crippen molar-refractivity contribution in [2.45, 2.75) is 25.1 Å². The van der Waals surface area contributed by atoms with E-state index in [1.165, 1.54) is 6.26 Å². The number of hydrogen-bond donors (Lipinski definition) is 2. The second-order valence-corrected chi connectivity index (χ2v) is 9.57. The molecule has 0 amide bonds. The maximum atomic E-state index is 12.1. The minimum atomic E-state index is -2.96. The Balaban J connectivity index is 2.30. The normalized spacial score (nSPS) is 14.9. The lowest BCUT2D eigenvalue weighted by Crippen LogP contribution is -2.44. The topological polar surface area (TPSA) is 87.6 Å². The Morgan fingerprint density at radius 2 is 1.96 bits per heavy atom. The fraction of sp³-hybridized carbons (Fsp3) is 0.562. The van der Waals surface area contributed by atoms with E-state index in [1.807, 2.05) is 37.3 Å². The summed E-state index contributed by atoms with van der Waals surface area (Å²) in [7, 11) is -2.25. The molecule has 6 nitrogen and oxygen atoms in total. The van der Waals surface area contributed by atoms with Gasteiger partial charge in [0, 0.05) is 48.2 Å². The van der Waals surface area contributed by atoms with Crippen LogP contribution in [0.5, 0.6) is 0 Å². The number of benzene rings is 1. The quantitative estimate of drug-likeness (QED) is 0.496. The van der Waals surface area contributed by atoms with Crippen LogP contribution in [0.15, 0.2) is 35.3 Å². The van der Waals surface area contributed by atoms with Crippen molar-refractivity contribution in [3.8, 4) is 0 Å². The van der Waals surface area contributed by atoms with Crippen LogP contribution < -0.4 is 10.6 Å².